The van der Waals surface area contributed by atoms with Gasteiger partial charge in [0.25, 0.3) is 0 Å². The van der Waals surface area contributed by atoms with E-state index >= 15 is 0 Å². The first-order chi connectivity index (χ1) is 20.0. The summed E-state index contributed by atoms with van der Waals surface area (Å²) < 4.78 is 21.7. The molecule has 2 amide bonds. The maximum absolute atomic E-state index is 13.0. The van der Waals surface area contributed by atoms with E-state index in [1.54, 1.807) is 0 Å². The Bertz CT molecular complexity index is 748. The van der Waals surface area contributed by atoms with Gasteiger partial charge in [0.1, 0.15) is 48.8 Å². The third-order valence-corrected chi connectivity index (χ3v) is 7.20. The predicted molar refractivity (Wildman–Crippen MR) is 142 cm³/mol. The summed E-state index contributed by atoms with van der Waals surface area (Å²) in [5.74, 6) is -0.279. The molecule has 0 radical (unpaired) electrons. The van der Waals surface area contributed by atoms with Crippen LogP contribution in [0, 0.1) is 0 Å². The van der Waals surface area contributed by atoms with Crippen molar-refractivity contribution in [2.75, 3.05) is 46.1 Å². The van der Waals surface area contributed by atoms with Gasteiger partial charge >= 0.3 is 0 Å². The Hall–Kier alpha value is -1.54. The molecule has 2 heterocycles. The van der Waals surface area contributed by atoms with Gasteiger partial charge in [-0.15, -0.1) is 0 Å². The number of nitrogens with one attached hydrogen (secondary N) is 1. The summed E-state index contributed by atoms with van der Waals surface area (Å²) in [6.07, 6.45) is -11.2. The summed E-state index contributed by atoms with van der Waals surface area (Å²) in [6.45, 7) is 0.880. The second-order valence-corrected chi connectivity index (χ2v) is 10.4. The fourth-order valence-electron chi connectivity index (χ4n) is 4.61. The minimum absolute atomic E-state index is 0.00102. The van der Waals surface area contributed by atoms with Crippen molar-refractivity contribution in [1.82, 2.24) is 10.2 Å². The molecule has 0 saturated carbocycles. The SMILES string of the molecule is CCCC(=O)NCCCCCC(=O)N(CCO[C@H]1O[C@H](CO)[C@@H](O)[C@H](O)[C@@H]1O)CCO[C@H]1O[C@H](CO)[C@@H](O)[C@H](O)[C@@H]1O. The average Bonchev–Trinajstić information content (AvgIpc) is 2.97. The normalized spacial score (nSPS) is 33.4. The van der Waals surface area contributed by atoms with Crippen LogP contribution in [-0.4, -0.2) is 165 Å². The van der Waals surface area contributed by atoms with Gasteiger partial charge in [0, 0.05) is 32.5 Å². The molecule has 16 heteroatoms. The minimum atomic E-state index is -1.61. The first-order valence-electron chi connectivity index (χ1n) is 14.4. The maximum Gasteiger partial charge on any atom is 0.222 e. The largest absolute Gasteiger partial charge is 0.394 e. The number of unbranched alkanes of at least 4 members (excludes halogenated alkanes) is 2. The molecule has 0 spiro atoms. The summed E-state index contributed by atoms with van der Waals surface area (Å²) in [5, 5.41) is 81.6. The molecule has 0 aromatic heterocycles. The third kappa shape index (κ3) is 10.9. The zero-order valence-corrected chi connectivity index (χ0v) is 23.9. The Balaban J connectivity index is 1.90. The van der Waals surface area contributed by atoms with Crippen molar-refractivity contribution >= 4 is 11.8 Å². The molecule has 16 nitrogen and oxygen atoms in total. The topological polar surface area (TPSA) is 248 Å². The van der Waals surface area contributed by atoms with Crippen LogP contribution >= 0.6 is 0 Å². The second-order valence-electron chi connectivity index (χ2n) is 10.4. The van der Waals surface area contributed by atoms with Crippen LogP contribution in [0.2, 0.25) is 0 Å². The number of aliphatic hydroxyl groups excluding tert-OH is 8. The molecule has 2 aliphatic rings. The van der Waals surface area contributed by atoms with Gasteiger partial charge in [-0.25, -0.2) is 0 Å². The molecule has 2 aliphatic heterocycles. The molecule has 9 N–H and O–H groups in total. The molecule has 10 atom stereocenters. The van der Waals surface area contributed by atoms with Crippen molar-refractivity contribution in [2.45, 2.75) is 107 Å². The van der Waals surface area contributed by atoms with Crippen LogP contribution in [0.25, 0.3) is 0 Å². The van der Waals surface area contributed by atoms with E-state index in [1.165, 1.54) is 4.90 Å². The number of carbonyl (C=O) groups excluding carboxylic acids is 2. The summed E-state index contributed by atoms with van der Waals surface area (Å²) in [6, 6.07) is 0. The van der Waals surface area contributed by atoms with Crippen molar-refractivity contribution in [2.24, 2.45) is 0 Å². The lowest BCUT2D eigenvalue weighted by atomic mass is 9.99. The number of hydrogen-bond donors (Lipinski definition) is 9. The van der Waals surface area contributed by atoms with Crippen LogP contribution in [0.3, 0.4) is 0 Å². The van der Waals surface area contributed by atoms with Crippen LogP contribution < -0.4 is 5.32 Å². The molecule has 0 aromatic carbocycles. The van der Waals surface area contributed by atoms with Gasteiger partial charge in [-0.3, -0.25) is 9.59 Å². The van der Waals surface area contributed by atoms with Crippen molar-refractivity contribution in [3.05, 3.63) is 0 Å². The molecule has 2 fully saturated rings. The van der Waals surface area contributed by atoms with E-state index in [0.29, 0.717) is 32.2 Å². The van der Waals surface area contributed by atoms with E-state index in [9.17, 15) is 50.4 Å². The highest BCUT2D eigenvalue weighted by atomic mass is 16.7. The molecule has 2 saturated heterocycles. The smallest absolute Gasteiger partial charge is 0.222 e. The minimum Gasteiger partial charge on any atom is -0.394 e. The molecule has 0 aromatic rings. The molecule has 0 unspecified atom stereocenters. The first kappa shape index (κ1) is 36.7. The van der Waals surface area contributed by atoms with Crippen molar-refractivity contribution in [3.8, 4) is 0 Å². The number of ether oxygens (including phenoxy) is 4. The lowest BCUT2D eigenvalue weighted by Crippen LogP contribution is -2.59. The standard InChI is InChI=1S/C26H48N2O14/c1-2-6-17(31)27-8-5-3-4-7-18(32)28(9-11-39-25-23(37)21(35)19(33)15(13-29)41-25)10-12-40-26-24(38)22(36)20(34)16(14-30)42-26/h15-16,19-26,29-30,33-38H,2-14H2,1H3,(H,27,31)/t15-,16-,19-,20-,21+,22+,23+,24+,25+,26+/m1/s1. The maximum atomic E-state index is 13.0. The fraction of sp³-hybridized carbons (Fsp3) is 0.923. The van der Waals surface area contributed by atoms with Gasteiger partial charge in [-0.2, -0.15) is 0 Å². The lowest BCUT2D eigenvalue weighted by Gasteiger charge is -2.40. The summed E-state index contributed by atoms with van der Waals surface area (Å²) >= 11 is 0. The van der Waals surface area contributed by atoms with Crippen LogP contribution in [0.5, 0.6) is 0 Å². The van der Waals surface area contributed by atoms with Gasteiger partial charge in [0.2, 0.25) is 11.8 Å². The molecular weight excluding hydrogens is 564 g/mol. The Labute approximate surface area is 244 Å². The monoisotopic (exact) mass is 612 g/mol. The Morgan fingerprint density at radius 3 is 1.67 bits per heavy atom. The third-order valence-electron chi connectivity index (χ3n) is 7.20. The van der Waals surface area contributed by atoms with E-state index in [2.05, 4.69) is 5.32 Å². The van der Waals surface area contributed by atoms with Gasteiger partial charge in [0.15, 0.2) is 12.6 Å². The summed E-state index contributed by atoms with van der Waals surface area (Å²) in [4.78, 5) is 26.0. The highest BCUT2D eigenvalue weighted by Crippen LogP contribution is 2.23. The van der Waals surface area contributed by atoms with Gasteiger partial charge in [-0.1, -0.05) is 13.3 Å². The van der Waals surface area contributed by atoms with E-state index in [-0.39, 0.29) is 44.5 Å². The molecule has 2 rings (SSSR count). The summed E-state index contributed by atoms with van der Waals surface area (Å²) in [7, 11) is 0. The quantitative estimate of drug-likeness (QED) is 0.0668. The van der Waals surface area contributed by atoms with Gasteiger partial charge in [-0.05, 0) is 19.3 Å². The van der Waals surface area contributed by atoms with Crippen LogP contribution in [-0.2, 0) is 28.5 Å². The van der Waals surface area contributed by atoms with Crippen LogP contribution in [0.1, 0.15) is 45.4 Å². The second kappa shape index (κ2) is 19.0. The van der Waals surface area contributed by atoms with Crippen molar-refractivity contribution < 1.29 is 69.4 Å². The first-order valence-corrected chi connectivity index (χ1v) is 14.4. The molecule has 246 valence electrons. The van der Waals surface area contributed by atoms with Crippen LogP contribution in [0.15, 0.2) is 0 Å². The number of carbonyl (C=O) groups is 2. The number of rotatable bonds is 18. The average molecular weight is 613 g/mol. The van der Waals surface area contributed by atoms with Gasteiger partial charge < -0.3 is 70.0 Å². The Morgan fingerprint density at radius 1 is 0.714 bits per heavy atom. The van der Waals surface area contributed by atoms with Crippen molar-refractivity contribution in [3.63, 3.8) is 0 Å². The highest BCUT2D eigenvalue weighted by Gasteiger charge is 2.45. The van der Waals surface area contributed by atoms with E-state index in [1.807, 2.05) is 6.92 Å². The fourth-order valence-corrected chi connectivity index (χ4v) is 4.61. The van der Waals surface area contributed by atoms with E-state index in [0.717, 1.165) is 6.42 Å². The van der Waals surface area contributed by atoms with E-state index in [4.69, 9.17) is 18.9 Å². The molecule has 0 bridgehead atoms. The molecular formula is C26H48N2O14. The van der Waals surface area contributed by atoms with Crippen LogP contribution in [0.4, 0.5) is 0 Å². The van der Waals surface area contributed by atoms with Gasteiger partial charge in [0.05, 0.1) is 26.4 Å². The van der Waals surface area contributed by atoms with Crippen molar-refractivity contribution in [1.29, 1.82) is 0 Å². The zero-order chi connectivity index (χ0) is 31.2. The summed E-state index contributed by atoms with van der Waals surface area (Å²) in [5.41, 5.74) is 0. The lowest BCUT2D eigenvalue weighted by molar-refractivity contribution is -0.303. The molecule has 0 aliphatic carbocycles. The zero-order valence-electron chi connectivity index (χ0n) is 23.9. The Kier molecular flexibility index (Phi) is 16.6. The number of amides is 2. The number of aliphatic hydroxyl groups is 8. The highest BCUT2D eigenvalue weighted by molar-refractivity contribution is 5.76. The van der Waals surface area contributed by atoms with E-state index < -0.39 is 74.6 Å². The number of nitrogens with zero attached hydrogens (tertiary/aromatic N) is 1. The molecule has 42 heavy (non-hydrogen) atoms. The Morgan fingerprint density at radius 2 is 1.21 bits per heavy atom. The number of hydrogen-bond acceptors (Lipinski definition) is 14. The predicted octanol–water partition coefficient (Wildman–Crippen LogP) is -4.08.